The van der Waals surface area contributed by atoms with Gasteiger partial charge in [-0.1, -0.05) is 19.1 Å². The number of halogens is 3. The summed E-state index contributed by atoms with van der Waals surface area (Å²) in [5.74, 6) is -0.743. The molecule has 0 spiro atoms. The first-order chi connectivity index (χ1) is 19.1. The molecule has 0 saturated carbocycles. The summed E-state index contributed by atoms with van der Waals surface area (Å²) < 4.78 is 68.7. The Bertz CT molecular complexity index is 1370. The Labute approximate surface area is 235 Å². The number of carbonyl (C=O) groups excluding carboxylic acids is 1. The van der Waals surface area contributed by atoms with E-state index in [0.29, 0.717) is 29.7 Å². The van der Waals surface area contributed by atoms with Gasteiger partial charge in [0.1, 0.15) is 29.5 Å². The molecule has 2 aromatic heterocycles. The van der Waals surface area contributed by atoms with E-state index in [-0.39, 0.29) is 24.5 Å². The van der Waals surface area contributed by atoms with Crippen LogP contribution in [0, 0.1) is 0 Å². The number of esters is 1. The highest BCUT2D eigenvalue weighted by atomic mass is 31.2. The topological polar surface area (TPSA) is 156 Å². The van der Waals surface area contributed by atoms with E-state index in [1.807, 2.05) is 6.92 Å². The second-order valence-electron chi connectivity index (χ2n) is 10.0. The first-order valence-corrected chi connectivity index (χ1v) is 14.7. The first-order valence-electron chi connectivity index (χ1n) is 12.8. The molecule has 3 atom stereocenters. The molecule has 3 rings (SSSR count). The third-order valence-electron chi connectivity index (χ3n) is 5.85. The standard InChI is InChI=1S/C25H35F3N7O5P/c1-6-11-38-23(36)24(4,5)34-41(37,33-17(3)18-7-9-19(10-8-18)40-25(26,27)28)15-39-16(2)12-35-14-32-20-21(29)30-13-31-22(20)35/h7-10,13-14,16-17H,6,11-12,15H2,1-5H3,(H2,29,30,31)(H2,33,34,37)/t16-,17-,41+/m1/s1. The number of benzene rings is 1. The molecule has 0 saturated heterocycles. The number of nitrogens with zero attached hydrogens (tertiary/aromatic N) is 4. The zero-order valence-electron chi connectivity index (χ0n) is 23.4. The average molecular weight is 602 g/mol. The molecule has 0 unspecified atom stereocenters. The maximum atomic E-state index is 14.2. The Balaban J connectivity index is 1.76. The summed E-state index contributed by atoms with van der Waals surface area (Å²) in [6.07, 6.45) is -2.14. The minimum Gasteiger partial charge on any atom is -0.464 e. The van der Waals surface area contributed by atoms with Crippen LogP contribution in [0.2, 0.25) is 0 Å². The van der Waals surface area contributed by atoms with Crippen LogP contribution in [0.3, 0.4) is 0 Å². The van der Waals surface area contributed by atoms with Crippen molar-refractivity contribution in [1.82, 2.24) is 29.7 Å². The van der Waals surface area contributed by atoms with Gasteiger partial charge in [-0.05, 0) is 51.8 Å². The number of aromatic nitrogens is 4. The normalized spacial score (nSPS) is 15.3. The molecule has 3 aromatic rings. The number of nitrogens with two attached hydrogens (primary N) is 1. The van der Waals surface area contributed by atoms with Crippen molar-refractivity contribution < 1.29 is 36.7 Å². The Morgan fingerprint density at radius 1 is 1.15 bits per heavy atom. The number of carbonyl (C=O) groups is 1. The van der Waals surface area contributed by atoms with Crippen molar-refractivity contribution in [2.24, 2.45) is 0 Å². The molecule has 0 bridgehead atoms. The number of ether oxygens (including phenoxy) is 3. The predicted octanol–water partition coefficient (Wildman–Crippen LogP) is 4.54. The quantitative estimate of drug-likeness (QED) is 0.176. The number of hydrogen-bond acceptors (Lipinski definition) is 9. The van der Waals surface area contributed by atoms with Gasteiger partial charge in [0.25, 0.3) is 0 Å². The number of nitrogen functional groups attached to an aromatic ring is 1. The molecule has 226 valence electrons. The van der Waals surface area contributed by atoms with Crippen LogP contribution in [-0.4, -0.2) is 56.4 Å². The van der Waals surface area contributed by atoms with Crippen LogP contribution in [0.15, 0.2) is 36.9 Å². The fourth-order valence-corrected chi connectivity index (χ4v) is 6.35. The third kappa shape index (κ3) is 9.12. The lowest BCUT2D eigenvalue weighted by molar-refractivity contribution is -0.274. The fraction of sp³-hybridized carbons (Fsp3) is 0.520. The monoisotopic (exact) mass is 601 g/mol. The fourth-order valence-electron chi connectivity index (χ4n) is 3.91. The summed E-state index contributed by atoms with van der Waals surface area (Å²) >= 11 is 0. The van der Waals surface area contributed by atoms with Crippen LogP contribution in [0.1, 0.15) is 52.6 Å². The Morgan fingerprint density at radius 2 is 1.83 bits per heavy atom. The number of alkyl halides is 3. The van der Waals surface area contributed by atoms with E-state index in [1.54, 1.807) is 38.6 Å². The molecule has 16 heteroatoms. The number of anilines is 1. The van der Waals surface area contributed by atoms with Crippen molar-refractivity contribution in [3.63, 3.8) is 0 Å². The molecule has 41 heavy (non-hydrogen) atoms. The van der Waals surface area contributed by atoms with Crippen LogP contribution in [0.5, 0.6) is 5.75 Å². The van der Waals surface area contributed by atoms with Gasteiger partial charge in [0.05, 0.1) is 25.6 Å². The summed E-state index contributed by atoms with van der Waals surface area (Å²) in [6.45, 7) is 8.88. The average Bonchev–Trinajstić information content (AvgIpc) is 3.29. The van der Waals surface area contributed by atoms with Crippen molar-refractivity contribution in [2.45, 2.75) is 71.6 Å². The number of rotatable bonds is 14. The van der Waals surface area contributed by atoms with Gasteiger partial charge in [0.15, 0.2) is 11.5 Å². The molecule has 0 amide bonds. The van der Waals surface area contributed by atoms with Crippen molar-refractivity contribution in [3.05, 3.63) is 42.5 Å². The molecule has 4 N–H and O–H groups in total. The van der Waals surface area contributed by atoms with E-state index in [2.05, 4.69) is 29.9 Å². The lowest BCUT2D eigenvalue weighted by atomic mass is 10.1. The molecular formula is C25H35F3N7O5P. The van der Waals surface area contributed by atoms with Gasteiger partial charge in [-0.25, -0.2) is 25.1 Å². The van der Waals surface area contributed by atoms with E-state index in [4.69, 9.17) is 15.2 Å². The Morgan fingerprint density at radius 3 is 2.46 bits per heavy atom. The molecule has 0 aliphatic heterocycles. The first kappa shape index (κ1) is 32.3. The van der Waals surface area contributed by atoms with Crippen LogP contribution in [0.25, 0.3) is 11.2 Å². The van der Waals surface area contributed by atoms with E-state index in [1.165, 1.54) is 18.5 Å². The highest BCUT2D eigenvalue weighted by molar-refractivity contribution is 7.59. The lowest BCUT2D eigenvalue weighted by Crippen LogP contribution is -2.49. The van der Waals surface area contributed by atoms with Crippen molar-refractivity contribution in [2.75, 3.05) is 18.7 Å². The summed E-state index contributed by atoms with van der Waals surface area (Å²) in [6, 6.07) is 4.55. The van der Waals surface area contributed by atoms with Crippen molar-refractivity contribution >= 4 is 30.4 Å². The molecule has 12 nitrogen and oxygen atoms in total. The number of imidazole rings is 1. The highest BCUT2D eigenvalue weighted by Gasteiger charge is 2.38. The Kier molecular flexibility index (Phi) is 10.3. The van der Waals surface area contributed by atoms with Gasteiger partial charge in [0, 0.05) is 6.04 Å². The zero-order valence-corrected chi connectivity index (χ0v) is 24.3. The maximum absolute atomic E-state index is 14.2. The van der Waals surface area contributed by atoms with Crippen LogP contribution in [-0.2, 0) is 25.4 Å². The number of hydrogen-bond donors (Lipinski definition) is 3. The third-order valence-corrected chi connectivity index (χ3v) is 8.09. The summed E-state index contributed by atoms with van der Waals surface area (Å²) in [7, 11) is -3.70. The van der Waals surface area contributed by atoms with Crippen LogP contribution in [0.4, 0.5) is 19.0 Å². The Hall–Kier alpha value is -3.26. The van der Waals surface area contributed by atoms with E-state index < -0.39 is 37.5 Å². The molecular weight excluding hydrogens is 566 g/mol. The van der Waals surface area contributed by atoms with Crippen molar-refractivity contribution in [3.8, 4) is 5.75 Å². The van der Waals surface area contributed by atoms with Gasteiger partial charge >= 0.3 is 12.3 Å². The largest absolute Gasteiger partial charge is 0.573 e. The molecule has 0 radical (unpaired) electrons. The minimum absolute atomic E-state index is 0.199. The predicted molar refractivity (Wildman–Crippen MR) is 146 cm³/mol. The molecule has 2 heterocycles. The van der Waals surface area contributed by atoms with Gasteiger partial charge < -0.3 is 24.5 Å². The van der Waals surface area contributed by atoms with Crippen molar-refractivity contribution in [1.29, 1.82) is 0 Å². The molecule has 0 aliphatic rings. The van der Waals surface area contributed by atoms with Gasteiger partial charge in [-0.3, -0.25) is 9.36 Å². The lowest BCUT2D eigenvalue weighted by Gasteiger charge is -2.33. The zero-order chi connectivity index (χ0) is 30.4. The summed E-state index contributed by atoms with van der Waals surface area (Å²) in [5, 5.41) is 5.88. The maximum Gasteiger partial charge on any atom is 0.573 e. The number of nitrogens with one attached hydrogen (secondary N) is 2. The van der Waals surface area contributed by atoms with Gasteiger partial charge in [0.2, 0.25) is 7.44 Å². The van der Waals surface area contributed by atoms with E-state index >= 15 is 0 Å². The van der Waals surface area contributed by atoms with E-state index in [9.17, 15) is 22.5 Å². The SMILES string of the molecule is CCCOC(=O)C(C)(C)N[P@](=O)(CO[C@H](C)Cn1cnc2c(N)ncnc21)N[C@H](C)c1ccc(OC(F)(F)F)cc1. The van der Waals surface area contributed by atoms with E-state index in [0.717, 1.165) is 12.1 Å². The van der Waals surface area contributed by atoms with Gasteiger partial charge in [-0.15, -0.1) is 13.2 Å². The van der Waals surface area contributed by atoms with Crippen LogP contribution >= 0.6 is 7.44 Å². The highest BCUT2D eigenvalue weighted by Crippen LogP contribution is 2.42. The van der Waals surface area contributed by atoms with Crippen LogP contribution < -0.4 is 20.6 Å². The summed E-state index contributed by atoms with van der Waals surface area (Å²) in [5.41, 5.74) is 5.98. The number of fused-ring (bicyclic) bond motifs is 1. The second-order valence-corrected chi connectivity index (χ2v) is 12.2. The molecule has 0 aliphatic carbocycles. The minimum atomic E-state index is -4.82. The molecule has 1 aromatic carbocycles. The smallest absolute Gasteiger partial charge is 0.464 e. The van der Waals surface area contributed by atoms with Gasteiger partial charge in [-0.2, -0.15) is 0 Å². The summed E-state index contributed by atoms with van der Waals surface area (Å²) in [4.78, 5) is 25.1. The second kappa shape index (κ2) is 13.1. The molecule has 0 fully saturated rings.